The third kappa shape index (κ3) is 10.1. The number of aliphatic hydroxyl groups excluding tert-OH is 1. The van der Waals surface area contributed by atoms with E-state index in [1.807, 2.05) is 27.7 Å². The van der Waals surface area contributed by atoms with Gasteiger partial charge in [-0.1, -0.05) is 0 Å². The third-order valence-electron chi connectivity index (χ3n) is 2.85. The van der Waals surface area contributed by atoms with Gasteiger partial charge in [0.15, 0.2) is 0 Å². The summed E-state index contributed by atoms with van der Waals surface area (Å²) in [6.45, 7) is 10.3. The van der Waals surface area contributed by atoms with Crippen molar-refractivity contribution in [1.29, 1.82) is 0 Å². The van der Waals surface area contributed by atoms with E-state index in [0.717, 1.165) is 6.42 Å². The lowest BCUT2D eigenvalue weighted by Crippen LogP contribution is -2.41. The van der Waals surface area contributed by atoms with Crippen LogP contribution in [0.15, 0.2) is 0 Å². The largest absolute Gasteiger partial charge is 0.480 e. The molecule has 20 heavy (non-hydrogen) atoms. The lowest BCUT2D eigenvalue weighted by Gasteiger charge is -2.27. The van der Waals surface area contributed by atoms with E-state index in [1.54, 1.807) is 0 Å². The Kier molecular flexibility index (Phi) is 8.96. The smallest absolute Gasteiger partial charge is 0.320 e. The van der Waals surface area contributed by atoms with Crippen LogP contribution in [0.2, 0.25) is 0 Å². The zero-order valence-corrected chi connectivity index (χ0v) is 13.2. The summed E-state index contributed by atoms with van der Waals surface area (Å²) in [6, 6.07) is -0.683. The number of carboxylic acid groups (broad SMARTS) is 1. The number of nitrogens with one attached hydrogen (secondary N) is 1. The molecule has 0 saturated carbocycles. The van der Waals surface area contributed by atoms with E-state index >= 15 is 0 Å². The molecule has 0 aliphatic heterocycles. The molecule has 0 fully saturated rings. The van der Waals surface area contributed by atoms with Crippen molar-refractivity contribution in [3.63, 3.8) is 0 Å². The second kappa shape index (κ2) is 9.28. The second-order valence-corrected chi connectivity index (χ2v) is 5.86. The molecule has 0 spiro atoms. The Bertz CT molecular complexity index is 281. The van der Waals surface area contributed by atoms with Crippen LogP contribution in [0.3, 0.4) is 0 Å². The van der Waals surface area contributed by atoms with E-state index in [0.29, 0.717) is 6.61 Å². The number of hydrogen-bond acceptors (Lipinski definition) is 5. The van der Waals surface area contributed by atoms with Crippen molar-refractivity contribution < 1.29 is 24.5 Å². The Morgan fingerprint density at radius 2 is 1.90 bits per heavy atom. The van der Waals surface area contributed by atoms with Gasteiger partial charge in [0.2, 0.25) is 0 Å². The number of rotatable bonds is 11. The molecule has 0 aliphatic carbocycles. The maximum absolute atomic E-state index is 10.6. The molecule has 0 aliphatic rings. The zero-order chi connectivity index (χ0) is 15.8. The number of carboxylic acids is 1. The molecule has 120 valence electrons. The first-order valence-corrected chi connectivity index (χ1v) is 7.04. The molecule has 0 aromatic rings. The summed E-state index contributed by atoms with van der Waals surface area (Å²) in [7, 11) is 0. The number of ether oxygens (including phenoxy) is 2. The maximum atomic E-state index is 10.6. The van der Waals surface area contributed by atoms with Crippen LogP contribution in [-0.2, 0) is 14.3 Å². The van der Waals surface area contributed by atoms with Crippen LogP contribution in [0.1, 0.15) is 41.0 Å². The van der Waals surface area contributed by atoms with Crippen molar-refractivity contribution >= 4 is 5.97 Å². The lowest BCUT2D eigenvalue weighted by molar-refractivity contribution is -0.139. The van der Waals surface area contributed by atoms with E-state index in [2.05, 4.69) is 5.32 Å². The van der Waals surface area contributed by atoms with Gasteiger partial charge in [0.1, 0.15) is 6.04 Å². The van der Waals surface area contributed by atoms with E-state index in [-0.39, 0.29) is 24.9 Å². The molecule has 0 radical (unpaired) electrons. The van der Waals surface area contributed by atoms with Gasteiger partial charge in [0.05, 0.1) is 24.4 Å². The zero-order valence-electron chi connectivity index (χ0n) is 13.2. The average Bonchev–Trinajstić information content (AvgIpc) is 2.32. The first-order chi connectivity index (χ1) is 9.14. The van der Waals surface area contributed by atoms with Crippen LogP contribution in [-0.4, -0.2) is 59.8 Å². The first-order valence-electron chi connectivity index (χ1n) is 7.04. The molecule has 0 saturated heterocycles. The molecule has 0 aromatic heterocycles. The van der Waals surface area contributed by atoms with Crippen molar-refractivity contribution in [2.45, 2.75) is 64.9 Å². The van der Waals surface area contributed by atoms with E-state index < -0.39 is 18.1 Å². The molecule has 0 amide bonds. The third-order valence-corrected chi connectivity index (χ3v) is 2.85. The predicted molar refractivity (Wildman–Crippen MR) is 76.8 cm³/mol. The number of aliphatic carboxylic acids is 1. The highest BCUT2D eigenvalue weighted by Crippen LogP contribution is 2.15. The van der Waals surface area contributed by atoms with Gasteiger partial charge >= 0.3 is 5.97 Å². The summed E-state index contributed by atoms with van der Waals surface area (Å²) in [5, 5.41) is 21.2. The first kappa shape index (κ1) is 19.3. The molecular weight excluding hydrogens is 262 g/mol. The topological polar surface area (TPSA) is 88.0 Å². The van der Waals surface area contributed by atoms with Gasteiger partial charge in [-0.25, -0.2) is 0 Å². The Morgan fingerprint density at radius 3 is 2.40 bits per heavy atom. The highest BCUT2D eigenvalue weighted by molar-refractivity contribution is 5.72. The maximum Gasteiger partial charge on any atom is 0.320 e. The standard InChI is InChI=1S/C14H29NO5/c1-10(2)19-7-6-14(4,5)20-9-12(16)8-15-11(3)13(17)18/h10-12,15-16H,6-9H2,1-5H3,(H,17,18). The summed E-state index contributed by atoms with van der Waals surface area (Å²) in [4.78, 5) is 10.6. The normalized spacial score (nSPS) is 15.3. The SMILES string of the molecule is CC(C)OCCC(C)(C)OCC(O)CNC(C)C(=O)O. The van der Waals surface area contributed by atoms with E-state index in [9.17, 15) is 9.90 Å². The number of carbonyl (C=O) groups is 1. The van der Waals surface area contributed by atoms with Gasteiger partial charge < -0.3 is 25.0 Å². The van der Waals surface area contributed by atoms with Crippen molar-refractivity contribution in [2.75, 3.05) is 19.8 Å². The second-order valence-electron chi connectivity index (χ2n) is 5.86. The van der Waals surface area contributed by atoms with Crippen LogP contribution in [0.25, 0.3) is 0 Å². The van der Waals surface area contributed by atoms with Gasteiger partial charge in [-0.15, -0.1) is 0 Å². The number of hydrogen-bond donors (Lipinski definition) is 3. The van der Waals surface area contributed by atoms with Gasteiger partial charge in [-0.2, -0.15) is 0 Å². The fourth-order valence-corrected chi connectivity index (χ4v) is 1.39. The minimum absolute atomic E-state index is 0.161. The van der Waals surface area contributed by atoms with Crippen molar-refractivity contribution in [1.82, 2.24) is 5.32 Å². The van der Waals surface area contributed by atoms with Gasteiger partial charge in [0.25, 0.3) is 0 Å². The molecule has 0 aromatic carbocycles. The summed E-state index contributed by atoms with van der Waals surface area (Å²) < 4.78 is 11.1. The molecule has 2 atom stereocenters. The summed E-state index contributed by atoms with van der Waals surface area (Å²) >= 11 is 0. The summed E-state index contributed by atoms with van der Waals surface area (Å²) in [5.41, 5.74) is -0.381. The van der Waals surface area contributed by atoms with Crippen LogP contribution >= 0.6 is 0 Å². The average molecular weight is 291 g/mol. The molecule has 0 bridgehead atoms. The van der Waals surface area contributed by atoms with E-state index in [4.69, 9.17) is 14.6 Å². The van der Waals surface area contributed by atoms with Crippen LogP contribution in [0.5, 0.6) is 0 Å². The summed E-state index contributed by atoms with van der Waals surface area (Å²) in [5.74, 6) is -0.940. The highest BCUT2D eigenvalue weighted by atomic mass is 16.5. The lowest BCUT2D eigenvalue weighted by atomic mass is 10.1. The molecule has 6 nitrogen and oxygen atoms in total. The van der Waals surface area contributed by atoms with Gasteiger partial charge in [-0.3, -0.25) is 4.79 Å². The van der Waals surface area contributed by atoms with Crippen LogP contribution in [0.4, 0.5) is 0 Å². The molecule has 6 heteroatoms. The van der Waals surface area contributed by atoms with Crippen LogP contribution in [0, 0.1) is 0 Å². The molecule has 0 rings (SSSR count). The number of aliphatic hydroxyl groups is 1. The fourth-order valence-electron chi connectivity index (χ4n) is 1.39. The van der Waals surface area contributed by atoms with Crippen molar-refractivity contribution in [2.24, 2.45) is 0 Å². The Balaban J connectivity index is 3.85. The van der Waals surface area contributed by atoms with E-state index in [1.165, 1.54) is 6.92 Å². The Morgan fingerprint density at radius 1 is 1.30 bits per heavy atom. The Hall–Kier alpha value is -0.690. The molecule has 0 heterocycles. The molecule has 3 N–H and O–H groups in total. The molecule has 2 unspecified atom stereocenters. The predicted octanol–water partition coefficient (Wildman–Crippen LogP) is 1.02. The minimum atomic E-state index is -0.940. The quantitative estimate of drug-likeness (QED) is 0.527. The fraction of sp³-hybridized carbons (Fsp3) is 0.929. The van der Waals surface area contributed by atoms with Crippen molar-refractivity contribution in [3.8, 4) is 0 Å². The van der Waals surface area contributed by atoms with Crippen molar-refractivity contribution in [3.05, 3.63) is 0 Å². The highest BCUT2D eigenvalue weighted by Gasteiger charge is 2.21. The summed E-state index contributed by atoms with van der Waals surface area (Å²) in [6.07, 6.45) is 0.192. The minimum Gasteiger partial charge on any atom is -0.480 e. The monoisotopic (exact) mass is 291 g/mol. The molecular formula is C14H29NO5. The van der Waals surface area contributed by atoms with Gasteiger partial charge in [0, 0.05) is 13.2 Å². The van der Waals surface area contributed by atoms with Gasteiger partial charge in [-0.05, 0) is 41.0 Å². The Labute approximate surface area is 121 Å². The van der Waals surface area contributed by atoms with Crippen LogP contribution < -0.4 is 5.32 Å².